The molecule has 30 heavy (non-hydrogen) atoms. The first kappa shape index (κ1) is 22.0. The molecule has 7 heteroatoms. The number of rotatable bonds is 3. The molecule has 0 aromatic carbocycles. The lowest BCUT2D eigenvalue weighted by atomic mass is 9.46. The lowest BCUT2D eigenvalue weighted by Crippen LogP contribution is -2.67. The Hall–Kier alpha value is -1.17. The fourth-order valence-corrected chi connectivity index (χ4v) is 8.13. The highest BCUT2D eigenvalue weighted by Gasteiger charge is 2.72. The number of carbonyl (C=O) groups is 3. The third kappa shape index (κ3) is 2.67. The van der Waals surface area contributed by atoms with Crippen molar-refractivity contribution in [2.75, 3.05) is 6.61 Å². The minimum absolute atomic E-state index is 0.000631. The maximum Gasteiger partial charge on any atom is 0.303 e. The number of allylic oxidation sites excluding steroid dienone is 4. The molecule has 5 nitrogen and oxygen atoms in total. The SMILES string of the molecule is CC(=O)OCC(=O)[C@]1(O)CC[C@@H]2[C@H]3CCC4=CC(=O)C=C[C@]4(C)[C@]3(Cl)[C@H](Cl)C[C@]21C. The Kier molecular flexibility index (Phi) is 5.08. The normalized spacial score (nSPS) is 47.1. The van der Waals surface area contributed by atoms with Crippen molar-refractivity contribution >= 4 is 40.7 Å². The Morgan fingerprint density at radius 1 is 1.27 bits per heavy atom. The summed E-state index contributed by atoms with van der Waals surface area (Å²) in [6.45, 7) is 4.78. The molecular weight excluding hydrogens is 427 g/mol. The van der Waals surface area contributed by atoms with Gasteiger partial charge in [-0.05, 0) is 56.1 Å². The lowest BCUT2D eigenvalue weighted by Gasteiger charge is -2.63. The third-order valence-corrected chi connectivity index (χ3v) is 10.2. The van der Waals surface area contributed by atoms with E-state index in [1.165, 1.54) is 6.92 Å². The van der Waals surface area contributed by atoms with Gasteiger partial charge in [0.2, 0.25) is 5.78 Å². The van der Waals surface area contributed by atoms with E-state index < -0.39 is 45.0 Å². The zero-order valence-electron chi connectivity index (χ0n) is 17.5. The number of alkyl halides is 2. The molecule has 7 atom stereocenters. The van der Waals surface area contributed by atoms with Crippen molar-refractivity contribution in [2.45, 2.75) is 68.7 Å². The van der Waals surface area contributed by atoms with Gasteiger partial charge in [-0.2, -0.15) is 0 Å². The Balaban J connectivity index is 1.72. The number of Topliss-reactive ketones (excluding diaryl/α,β-unsaturated/α-hetero) is 1. The molecule has 1 N–H and O–H groups in total. The molecule has 0 radical (unpaired) electrons. The Labute approximate surface area is 186 Å². The van der Waals surface area contributed by atoms with E-state index in [9.17, 15) is 19.5 Å². The molecule has 4 aliphatic carbocycles. The molecule has 164 valence electrons. The second-order valence-corrected chi connectivity index (χ2v) is 11.0. The summed E-state index contributed by atoms with van der Waals surface area (Å²) in [6.07, 6.45) is 7.97. The Morgan fingerprint density at radius 3 is 2.63 bits per heavy atom. The topological polar surface area (TPSA) is 80.7 Å². The van der Waals surface area contributed by atoms with Crippen molar-refractivity contribution in [2.24, 2.45) is 22.7 Å². The third-order valence-electron chi connectivity index (χ3n) is 8.62. The lowest BCUT2D eigenvalue weighted by molar-refractivity contribution is -0.167. The summed E-state index contributed by atoms with van der Waals surface area (Å²) in [5.74, 6) is -1.07. The van der Waals surface area contributed by atoms with E-state index in [0.29, 0.717) is 19.3 Å². The van der Waals surface area contributed by atoms with Crippen LogP contribution < -0.4 is 0 Å². The standard InChI is InChI=1S/C23H28Cl2O5/c1-13(26)30-12-19(28)22(29)9-7-16-17-5-4-14-10-15(27)6-8-20(14,2)23(17,25)18(24)11-21(16,22)3/h6,8,10,16-18,29H,4-5,7,9,11-12H2,1-3H3/t16-,17-,18-,20+,21-,22-,23-/m1/s1. The van der Waals surface area contributed by atoms with Crippen molar-refractivity contribution in [3.8, 4) is 0 Å². The van der Waals surface area contributed by atoms with E-state index in [2.05, 4.69) is 0 Å². The van der Waals surface area contributed by atoms with Crippen molar-refractivity contribution in [3.05, 3.63) is 23.8 Å². The second kappa shape index (κ2) is 6.91. The maximum absolute atomic E-state index is 12.9. The van der Waals surface area contributed by atoms with Crippen LogP contribution in [0, 0.1) is 22.7 Å². The van der Waals surface area contributed by atoms with Crippen LogP contribution in [0.4, 0.5) is 0 Å². The average molecular weight is 455 g/mol. The molecule has 0 unspecified atom stereocenters. The van der Waals surface area contributed by atoms with E-state index >= 15 is 0 Å². The zero-order chi connectivity index (χ0) is 22.1. The molecule has 0 amide bonds. The number of aliphatic hydroxyl groups is 1. The predicted octanol–water partition coefficient (Wildman–Crippen LogP) is 3.74. The molecule has 4 rings (SSSR count). The van der Waals surface area contributed by atoms with Crippen LogP contribution in [0.1, 0.15) is 52.9 Å². The van der Waals surface area contributed by atoms with Crippen LogP contribution in [0.2, 0.25) is 0 Å². The van der Waals surface area contributed by atoms with Gasteiger partial charge in [0.15, 0.2) is 12.4 Å². The minimum Gasteiger partial charge on any atom is -0.458 e. The summed E-state index contributed by atoms with van der Waals surface area (Å²) in [7, 11) is 0. The van der Waals surface area contributed by atoms with Gasteiger partial charge in [-0.1, -0.05) is 25.5 Å². The number of halogens is 2. The van der Waals surface area contributed by atoms with Crippen LogP contribution in [0.5, 0.6) is 0 Å². The molecule has 0 heterocycles. The minimum atomic E-state index is -1.60. The van der Waals surface area contributed by atoms with Gasteiger partial charge in [0.05, 0.1) is 10.3 Å². The number of hydrogen-bond acceptors (Lipinski definition) is 5. The predicted molar refractivity (Wildman–Crippen MR) is 113 cm³/mol. The van der Waals surface area contributed by atoms with Crippen LogP contribution in [0.3, 0.4) is 0 Å². The average Bonchev–Trinajstić information content (AvgIpc) is 2.94. The quantitative estimate of drug-likeness (QED) is 0.518. The van der Waals surface area contributed by atoms with Crippen LogP contribution in [0.25, 0.3) is 0 Å². The molecule has 3 fully saturated rings. The van der Waals surface area contributed by atoms with Crippen LogP contribution in [-0.4, -0.2) is 45.1 Å². The van der Waals surface area contributed by atoms with Crippen LogP contribution >= 0.6 is 23.2 Å². The molecule has 0 saturated heterocycles. The molecule has 3 saturated carbocycles. The summed E-state index contributed by atoms with van der Waals surface area (Å²) in [4.78, 5) is 35.3. The summed E-state index contributed by atoms with van der Waals surface area (Å²) in [6, 6.07) is 0. The maximum atomic E-state index is 12.9. The van der Waals surface area contributed by atoms with Crippen molar-refractivity contribution in [1.82, 2.24) is 0 Å². The highest BCUT2D eigenvalue weighted by Crippen LogP contribution is 2.71. The largest absolute Gasteiger partial charge is 0.458 e. The van der Waals surface area contributed by atoms with Gasteiger partial charge in [-0.3, -0.25) is 14.4 Å². The highest BCUT2D eigenvalue weighted by atomic mass is 35.5. The van der Waals surface area contributed by atoms with E-state index in [4.69, 9.17) is 27.9 Å². The number of ketones is 2. The van der Waals surface area contributed by atoms with Gasteiger partial charge in [-0.15, -0.1) is 23.2 Å². The molecule has 0 aliphatic heterocycles. The molecule has 0 spiro atoms. The van der Waals surface area contributed by atoms with E-state index in [-0.39, 0.29) is 17.6 Å². The Bertz CT molecular complexity index is 881. The fraction of sp³-hybridized carbons (Fsp3) is 0.696. The summed E-state index contributed by atoms with van der Waals surface area (Å²) in [5.41, 5.74) is -1.91. The number of hydrogen-bond donors (Lipinski definition) is 1. The van der Waals surface area contributed by atoms with Crippen LogP contribution in [0.15, 0.2) is 23.8 Å². The van der Waals surface area contributed by atoms with Gasteiger partial charge < -0.3 is 9.84 Å². The van der Waals surface area contributed by atoms with E-state index in [1.807, 2.05) is 19.9 Å². The molecule has 0 aromatic rings. The molecule has 0 aromatic heterocycles. The summed E-state index contributed by atoms with van der Waals surface area (Å²) in [5, 5.41) is 11.0. The van der Waals surface area contributed by atoms with Crippen molar-refractivity contribution < 1.29 is 24.2 Å². The molecule has 0 bridgehead atoms. The number of fused-ring (bicyclic) bond motifs is 5. The van der Waals surface area contributed by atoms with Gasteiger partial charge >= 0.3 is 5.97 Å². The number of ether oxygens (including phenoxy) is 1. The van der Waals surface area contributed by atoms with Gasteiger partial charge in [0.1, 0.15) is 5.60 Å². The first-order valence-corrected chi connectivity index (χ1v) is 11.4. The number of esters is 1. The highest BCUT2D eigenvalue weighted by molar-refractivity contribution is 6.34. The summed E-state index contributed by atoms with van der Waals surface area (Å²) >= 11 is 14.4. The monoisotopic (exact) mass is 454 g/mol. The van der Waals surface area contributed by atoms with Crippen LogP contribution in [-0.2, 0) is 19.1 Å². The van der Waals surface area contributed by atoms with Crippen molar-refractivity contribution in [3.63, 3.8) is 0 Å². The van der Waals surface area contributed by atoms with Crippen molar-refractivity contribution in [1.29, 1.82) is 0 Å². The first-order chi connectivity index (χ1) is 13.9. The zero-order valence-corrected chi connectivity index (χ0v) is 19.1. The Morgan fingerprint density at radius 2 is 1.97 bits per heavy atom. The van der Waals surface area contributed by atoms with E-state index in [1.54, 1.807) is 12.2 Å². The first-order valence-electron chi connectivity index (χ1n) is 10.6. The van der Waals surface area contributed by atoms with Gasteiger partial charge in [0.25, 0.3) is 0 Å². The van der Waals surface area contributed by atoms with E-state index in [0.717, 1.165) is 18.4 Å². The second-order valence-electron chi connectivity index (χ2n) is 9.82. The summed E-state index contributed by atoms with van der Waals surface area (Å²) < 4.78 is 4.90. The molecular formula is C23H28Cl2O5. The smallest absolute Gasteiger partial charge is 0.303 e. The number of carbonyl (C=O) groups excluding carboxylic acids is 3. The fourth-order valence-electron chi connectivity index (χ4n) is 6.89. The van der Waals surface area contributed by atoms with Gasteiger partial charge in [-0.25, -0.2) is 0 Å². The molecule has 4 aliphatic rings. The van der Waals surface area contributed by atoms with Gasteiger partial charge in [0, 0.05) is 17.8 Å².